The lowest BCUT2D eigenvalue weighted by atomic mass is 10.7. The molecule has 8 heavy (non-hydrogen) atoms. The Labute approximate surface area is 54.5 Å². The Morgan fingerprint density at radius 3 is 1.62 bits per heavy atom. The molecule has 0 saturated carbocycles. The van der Waals surface area contributed by atoms with Crippen molar-refractivity contribution >= 4 is 13.5 Å². The van der Waals surface area contributed by atoms with E-state index in [0.29, 0.717) is 0 Å². The predicted molar refractivity (Wildman–Crippen MR) is 36.0 cm³/mol. The van der Waals surface area contributed by atoms with Crippen LogP contribution in [0.1, 0.15) is 0 Å². The molecular weight excluding hydrogens is 124 g/mol. The first-order valence-corrected chi connectivity index (χ1v) is 1.70. The van der Waals surface area contributed by atoms with Crippen LogP contribution in [0.3, 0.4) is 0 Å². The van der Waals surface area contributed by atoms with Gasteiger partial charge in [-0.2, -0.15) is 13.5 Å². The van der Waals surface area contributed by atoms with Crippen LogP contribution in [0.25, 0.3) is 0 Å². The fourth-order valence-corrected chi connectivity index (χ4v) is 0.253. The summed E-state index contributed by atoms with van der Waals surface area (Å²) < 4.78 is 0. The molecule has 0 aromatic carbocycles. The average Bonchev–Trinajstić information content (AvgIpc) is 1.72. The van der Waals surface area contributed by atoms with Gasteiger partial charge in [0, 0.05) is 12.4 Å². The number of nitrogens with zero attached hydrogens (tertiary/aromatic N) is 2. The zero-order chi connectivity index (χ0) is 4.24. The highest BCUT2D eigenvalue weighted by molar-refractivity contribution is 7.59. The maximum Gasteiger partial charge on any atom is 0.115 e. The summed E-state index contributed by atoms with van der Waals surface area (Å²) in [5, 5.41) is 0. The van der Waals surface area contributed by atoms with Crippen molar-refractivity contribution in [3.8, 4) is 0 Å². The zero-order valence-corrected chi connectivity index (χ0v) is 5.20. The van der Waals surface area contributed by atoms with Crippen molar-refractivity contribution in [3.05, 3.63) is 24.8 Å². The van der Waals surface area contributed by atoms with Crippen LogP contribution in [-0.4, -0.2) is 15.4 Å². The second-order valence-corrected chi connectivity index (χ2v) is 0.904. The number of rotatable bonds is 0. The molecule has 0 bridgehead atoms. The van der Waals surface area contributed by atoms with Crippen LogP contribution in [0.5, 0.6) is 0 Å². The zero-order valence-electron chi connectivity index (χ0n) is 4.20. The molecule has 0 aliphatic heterocycles. The largest absolute Gasteiger partial charge is 0.412 e. The summed E-state index contributed by atoms with van der Waals surface area (Å²) >= 11 is 0. The molecule has 4 heteroatoms. The van der Waals surface area contributed by atoms with E-state index in [1.807, 2.05) is 0 Å². The van der Waals surface area contributed by atoms with E-state index >= 15 is 0 Å². The van der Waals surface area contributed by atoms with E-state index in [2.05, 4.69) is 9.97 Å². The summed E-state index contributed by atoms with van der Waals surface area (Å²) in [5.74, 6) is 0. The van der Waals surface area contributed by atoms with E-state index in [-0.39, 0.29) is 19.0 Å². The fraction of sp³-hybridized carbons (Fsp3) is 0. The number of hydrogen-bond acceptors (Lipinski definition) is 2. The second kappa shape index (κ2) is 6.39. The van der Waals surface area contributed by atoms with Crippen LogP contribution in [0.2, 0.25) is 0 Å². The summed E-state index contributed by atoms with van der Waals surface area (Å²) in [5.41, 5.74) is 0. The minimum absolute atomic E-state index is 0. The van der Waals surface area contributed by atoms with Gasteiger partial charge >= 0.3 is 0 Å². The van der Waals surface area contributed by atoms with Gasteiger partial charge in [0.25, 0.3) is 0 Å². The van der Waals surface area contributed by atoms with Crippen molar-refractivity contribution in [2.24, 2.45) is 0 Å². The van der Waals surface area contributed by atoms with Crippen LogP contribution in [0.15, 0.2) is 24.8 Å². The molecule has 0 aliphatic rings. The predicted octanol–water partition coefficient (Wildman–Crippen LogP) is -0.235. The lowest BCUT2D eigenvalue weighted by Crippen LogP contribution is -1.66. The van der Waals surface area contributed by atoms with Crippen LogP contribution in [-0.2, 0) is 0 Å². The molecule has 1 aromatic heterocycles. The maximum atomic E-state index is 3.67. The summed E-state index contributed by atoms with van der Waals surface area (Å²) in [6, 6.07) is 1.78. The van der Waals surface area contributed by atoms with E-state index in [1.165, 1.54) is 6.33 Å². The molecule has 1 aromatic rings. The molecule has 0 saturated heterocycles. The summed E-state index contributed by atoms with van der Waals surface area (Å²) in [6.07, 6.45) is 4.88. The molecule has 2 N–H and O–H groups in total. The molecule has 46 valence electrons. The summed E-state index contributed by atoms with van der Waals surface area (Å²) in [6.45, 7) is 0. The first-order chi connectivity index (χ1) is 3.00. The highest BCUT2D eigenvalue weighted by Crippen LogP contribution is 1.66. The molecule has 0 amide bonds. The highest BCUT2D eigenvalue weighted by atomic mass is 32.1. The molecule has 0 spiro atoms. The number of hydrogen-bond donors (Lipinski definition) is 0. The smallest absolute Gasteiger partial charge is 0.115 e. The standard InChI is InChI=1S/C4H4N2.H2O.H2S/c1-2-5-4-6-3-1;;/h1-4H;2*1H2. The average molecular weight is 132 g/mol. The Morgan fingerprint density at radius 2 is 1.50 bits per heavy atom. The van der Waals surface area contributed by atoms with Crippen LogP contribution in [0.4, 0.5) is 0 Å². The Kier molecular flexibility index (Phi) is 8.30. The van der Waals surface area contributed by atoms with E-state index in [9.17, 15) is 0 Å². The SMILES string of the molecule is O.S.c1cncnc1. The highest BCUT2D eigenvalue weighted by Gasteiger charge is 1.59. The summed E-state index contributed by atoms with van der Waals surface area (Å²) in [4.78, 5) is 7.35. The van der Waals surface area contributed by atoms with Crippen LogP contribution < -0.4 is 0 Å². The molecule has 3 nitrogen and oxygen atoms in total. The van der Waals surface area contributed by atoms with E-state index in [0.717, 1.165) is 0 Å². The molecule has 1 heterocycles. The monoisotopic (exact) mass is 132 g/mol. The second-order valence-electron chi connectivity index (χ2n) is 0.904. The topological polar surface area (TPSA) is 57.3 Å². The molecule has 0 atom stereocenters. The van der Waals surface area contributed by atoms with Crippen molar-refractivity contribution < 1.29 is 5.48 Å². The number of aromatic nitrogens is 2. The van der Waals surface area contributed by atoms with Gasteiger partial charge in [0.2, 0.25) is 0 Å². The van der Waals surface area contributed by atoms with Crippen LogP contribution in [0, 0.1) is 0 Å². The van der Waals surface area contributed by atoms with Gasteiger partial charge in [-0.15, -0.1) is 0 Å². The Balaban J connectivity index is 0. The molecule has 0 unspecified atom stereocenters. The molecule has 0 radical (unpaired) electrons. The first-order valence-electron chi connectivity index (χ1n) is 1.70. The minimum Gasteiger partial charge on any atom is -0.412 e. The quantitative estimate of drug-likeness (QED) is 0.489. The van der Waals surface area contributed by atoms with E-state index in [1.54, 1.807) is 18.5 Å². The van der Waals surface area contributed by atoms with Crippen molar-refractivity contribution in [2.45, 2.75) is 0 Å². The van der Waals surface area contributed by atoms with Gasteiger partial charge in [0.15, 0.2) is 0 Å². The van der Waals surface area contributed by atoms with Gasteiger partial charge in [-0.3, -0.25) is 0 Å². The molecule has 0 aliphatic carbocycles. The van der Waals surface area contributed by atoms with E-state index in [4.69, 9.17) is 0 Å². The Morgan fingerprint density at radius 1 is 1.00 bits per heavy atom. The molecule has 0 fully saturated rings. The van der Waals surface area contributed by atoms with Crippen molar-refractivity contribution in [1.82, 2.24) is 9.97 Å². The van der Waals surface area contributed by atoms with Gasteiger partial charge < -0.3 is 5.48 Å². The van der Waals surface area contributed by atoms with E-state index < -0.39 is 0 Å². The van der Waals surface area contributed by atoms with Crippen molar-refractivity contribution in [3.63, 3.8) is 0 Å². The normalized spacial score (nSPS) is 6.00. The Bertz CT molecular complexity index is 86.0. The first kappa shape index (κ1) is 10.4. The van der Waals surface area contributed by atoms with Gasteiger partial charge in [0.05, 0.1) is 0 Å². The third kappa shape index (κ3) is 3.58. The van der Waals surface area contributed by atoms with Gasteiger partial charge in [-0.25, -0.2) is 9.97 Å². The van der Waals surface area contributed by atoms with Crippen molar-refractivity contribution in [2.75, 3.05) is 0 Å². The third-order valence-electron chi connectivity index (χ3n) is 0.478. The lowest BCUT2D eigenvalue weighted by molar-refractivity contribution is 0.824. The third-order valence-corrected chi connectivity index (χ3v) is 0.478. The Hall–Kier alpha value is -0.610. The molecule has 1 rings (SSSR count). The van der Waals surface area contributed by atoms with Gasteiger partial charge in [-0.05, 0) is 6.07 Å². The van der Waals surface area contributed by atoms with Crippen LogP contribution >= 0.6 is 13.5 Å². The van der Waals surface area contributed by atoms with Gasteiger partial charge in [0.1, 0.15) is 6.33 Å². The molecular formula is C4H8N2OS. The maximum absolute atomic E-state index is 3.67. The van der Waals surface area contributed by atoms with Gasteiger partial charge in [-0.1, -0.05) is 0 Å². The minimum atomic E-state index is 0. The fourth-order valence-electron chi connectivity index (χ4n) is 0.253. The lowest BCUT2D eigenvalue weighted by Gasteiger charge is -1.70. The van der Waals surface area contributed by atoms with Crippen molar-refractivity contribution in [1.29, 1.82) is 0 Å². The summed E-state index contributed by atoms with van der Waals surface area (Å²) in [7, 11) is 0.